The summed E-state index contributed by atoms with van der Waals surface area (Å²) in [4.78, 5) is 0.951. The highest BCUT2D eigenvalue weighted by Crippen LogP contribution is 2.28. The lowest BCUT2D eigenvalue weighted by Crippen LogP contribution is -1.87. The normalized spacial score (nSPS) is 9.94. The molecule has 2 aromatic carbocycles. The van der Waals surface area contributed by atoms with E-state index in [9.17, 15) is 0 Å². The van der Waals surface area contributed by atoms with Gasteiger partial charge in [-0.2, -0.15) is 0 Å². The second-order valence-electron chi connectivity index (χ2n) is 3.87. The van der Waals surface area contributed by atoms with Crippen LogP contribution >= 0.6 is 12.6 Å². The van der Waals surface area contributed by atoms with Gasteiger partial charge in [0.25, 0.3) is 0 Å². The second-order valence-corrected chi connectivity index (χ2v) is 4.39. The van der Waals surface area contributed by atoms with E-state index in [4.69, 9.17) is 0 Å². The van der Waals surface area contributed by atoms with E-state index in [0.29, 0.717) is 0 Å². The third kappa shape index (κ3) is 2.69. The van der Waals surface area contributed by atoms with Gasteiger partial charge in [-0.25, -0.2) is 0 Å². The van der Waals surface area contributed by atoms with Crippen LogP contribution in [-0.2, 0) is 0 Å². The predicted octanol–water partition coefficient (Wildman–Crippen LogP) is 4.70. The van der Waals surface area contributed by atoms with Crippen molar-refractivity contribution in [3.05, 3.63) is 78.9 Å². The molecule has 84 valence electrons. The van der Waals surface area contributed by atoms with Crippen LogP contribution in [-0.4, -0.2) is 0 Å². The molecule has 0 aliphatic rings. The van der Waals surface area contributed by atoms with Crippen molar-refractivity contribution in [1.82, 2.24) is 0 Å². The SMILES string of the molecule is C=C(C(=C)c1ccc(S)cc1)c1ccccc1. The molecule has 17 heavy (non-hydrogen) atoms. The van der Waals surface area contributed by atoms with Gasteiger partial charge < -0.3 is 0 Å². The second kappa shape index (κ2) is 5.07. The molecule has 0 N–H and O–H groups in total. The molecule has 0 fully saturated rings. The molecule has 0 saturated heterocycles. The zero-order valence-corrected chi connectivity index (χ0v) is 10.5. The first-order chi connectivity index (χ1) is 8.18. The molecule has 2 aromatic rings. The summed E-state index contributed by atoms with van der Waals surface area (Å²) in [6.07, 6.45) is 0. The molecule has 1 heteroatoms. The van der Waals surface area contributed by atoms with Crippen LogP contribution in [0, 0.1) is 0 Å². The molecule has 2 rings (SSSR count). The Hall–Kier alpha value is -1.73. The van der Waals surface area contributed by atoms with E-state index in [2.05, 4.69) is 25.8 Å². The molecule has 0 unspecified atom stereocenters. The Labute approximate surface area is 108 Å². The van der Waals surface area contributed by atoms with Crippen LogP contribution in [0.1, 0.15) is 11.1 Å². The van der Waals surface area contributed by atoms with Crippen molar-refractivity contribution in [2.75, 3.05) is 0 Å². The molecule has 0 atom stereocenters. The maximum Gasteiger partial charge on any atom is 0.00404 e. The van der Waals surface area contributed by atoms with Crippen LogP contribution in [0.2, 0.25) is 0 Å². The van der Waals surface area contributed by atoms with Gasteiger partial charge in [-0.3, -0.25) is 0 Å². The van der Waals surface area contributed by atoms with Crippen LogP contribution in [0.4, 0.5) is 0 Å². The van der Waals surface area contributed by atoms with Gasteiger partial charge in [-0.1, -0.05) is 55.6 Å². The summed E-state index contributed by atoms with van der Waals surface area (Å²) in [5, 5.41) is 0. The van der Waals surface area contributed by atoms with Gasteiger partial charge in [0, 0.05) is 4.90 Å². The minimum absolute atomic E-state index is 0.949. The third-order valence-corrected chi connectivity index (χ3v) is 3.00. The van der Waals surface area contributed by atoms with Crippen molar-refractivity contribution in [3.8, 4) is 0 Å². The number of allylic oxidation sites excluding steroid dienone is 2. The molecule has 0 heterocycles. The van der Waals surface area contributed by atoms with Crippen LogP contribution in [0.5, 0.6) is 0 Å². The lowest BCUT2D eigenvalue weighted by Gasteiger charge is -2.10. The molecule has 0 aromatic heterocycles. The number of hydrogen-bond donors (Lipinski definition) is 1. The minimum Gasteiger partial charge on any atom is -0.143 e. The first kappa shape index (κ1) is 11.7. The Morgan fingerprint density at radius 3 is 1.71 bits per heavy atom. The first-order valence-corrected chi connectivity index (χ1v) is 5.86. The summed E-state index contributed by atoms with van der Waals surface area (Å²) in [5.41, 5.74) is 4.09. The highest BCUT2D eigenvalue weighted by molar-refractivity contribution is 7.80. The van der Waals surface area contributed by atoms with Crippen LogP contribution < -0.4 is 0 Å². The summed E-state index contributed by atoms with van der Waals surface area (Å²) in [6, 6.07) is 18.0. The van der Waals surface area contributed by atoms with E-state index in [1.807, 2.05) is 54.6 Å². The van der Waals surface area contributed by atoms with Crippen molar-refractivity contribution >= 4 is 23.8 Å². The number of benzene rings is 2. The maximum atomic E-state index is 4.27. The van der Waals surface area contributed by atoms with Crippen molar-refractivity contribution in [2.24, 2.45) is 0 Å². The molecule has 0 spiro atoms. The molecule has 0 radical (unpaired) electrons. The Morgan fingerprint density at radius 1 is 0.706 bits per heavy atom. The Balaban J connectivity index is 2.27. The van der Waals surface area contributed by atoms with E-state index in [0.717, 1.165) is 27.2 Å². The lowest BCUT2D eigenvalue weighted by molar-refractivity contribution is 1.45. The zero-order valence-electron chi connectivity index (χ0n) is 9.56. The molecular weight excluding hydrogens is 224 g/mol. The van der Waals surface area contributed by atoms with Gasteiger partial charge in [-0.05, 0) is 34.4 Å². The van der Waals surface area contributed by atoms with E-state index >= 15 is 0 Å². The fourth-order valence-electron chi connectivity index (χ4n) is 1.65. The number of thiol groups is 1. The molecule has 0 bridgehead atoms. The third-order valence-electron chi connectivity index (χ3n) is 2.70. The van der Waals surface area contributed by atoms with E-state index in [1.165, 1.54) is 0 Å². The average molecular weight is 238 g/mol. The molecule has 0 nitrogen and oxygen atoms in total. The van der Waals surface area contributed by atoms with Crippen LogP contribution in [0.25, 0.3) is 11.1 Å². The van der Waals surface area contributed by atoms with Crippen LogP contribution in [0.3, 0.4) is 0 Å². The highest BCUT2D eigenvalue weighted by atomic mass is 32.1. The van der Waals surface area contributed by atoms with Gasteiger partial charge in [0.2, 0.25) is 0 Å². The Morgan fingerprint density at radius 2 is 1.18 bits per heavy atom. The standard InChI is InChI=1S/C16H14S/c1-12(14-6-4-3-5-7-14)13(2)15-8-10-16(17)11-9-15/h3-11,17H,1-2H2. The van der Waals surface area contributed by atoms with Gasteiger partial charge >= 0.3 is 0 Å². The average Bonchev–Trinajstić information content (AvgIpc) is 2.39. The van der Waals surface area contributed by atoms with Crippen molar-refractivity contribution in [1.29, 1.82) is 0 Å². The van der Waals surface area contributed by atoms with Gasteiger partial charge in [-0.15, -0.1) is 12.6 Å². The number of rotatable bonds is 3. The molecule has 0 saturated carbocycles. The van der Waals surface area contributed by atoms with Gasteiger partial charge in [0.05, 0.1) is 0 Å². The molecule has 0 amide bonds. The fraction of sp³-hybridized carbons (Fsp3) is 0. The smallest absolute Gasteiger partial charge is 0.00404 e. The predicted molar refractivity (Wildman–Crippen MR) is 78.2 cm³/mol. The van der Waals surface area contributed by atoms with E-state index in [1.54, 1.807) is 0 Å². The van der Waals surface area contributed by atoms with E-state index in [-0.39, 0.29) is 0 Å². The zero-order chi connectivity index (χ0) is 12.3. The summed E-state index contributed by atoms with van der Waals surface area (Å²) in [5.74, 6) is 0. The monoisotopic (exact) mass is 238 g/mol. The minimum atomic E-state index is 0.949. The largest absolute Gasteiger partial charge is 0.143 e. The Kier molecular flexibility index (Phi) is 3.50. The quantitative estimate of drug-likeness (QED) is 0.581. The van der Waals surface area contributed by atoms with E-state index < -0.39 is 0 Å². The number of hydrogen-bond acceptors (Lipinski definition) is 1. The van der Waals surface area contributed by atoms with Gasteiger partial charge in [0.15, 0.2) is 0 Å². The lowest BCUT2D eigenvalue weighted by atomic mass is 9.95. The fourth-order valence-corrected chi connectivity index (χ4v) is 1.80. The molecule has 0 aliphatic carbocycles. The molecule has 0 aliphatic heterocycles. The maximum absolute atomic E-state index is 4.27. The topological polar surface area (TPSA) is 0 Å². The van der Waals surface area contributed by atoms with Crippen molar-refractivity contribution < 1.29 is 0 Å². The summed E-state index contributed by atoms with van der Waals surface area (Å²) >= 11 is 4.27. The Bertz CT molecular complexity index is 535. The summed E-state index contributed by atoms with van der Waals surface area (Å²) < 4.78 is 0. The van der Waals surface area contributed by atoms with Gasteiger partial charge in [0.1, 0.15) is 0 Å². The van der Waals surface area contributed by atoms with Crippen molar-refractivity contribution in [2.45, 2.75) is 4.90 Å². The van der Waals surface area contributed by atoms with Crippen molar-refractivity contribution in [3.63, 3.8) is 0 Å². The first-order valence-electron chi connectivity index (χ1n) is 5.41. The molecular formula is C16H14S. The van der Waals surface area contributed by atoms with Crippen LogP contribution in [0.15, 0.2) is 72.7 Å². The summed E-state index contributed by atoms with van der Waals surface area (Å²) in [6.45, 7) is 8.21. The summed E-state index contributed by atoms with van der Waals surface area (Å²) in [7, 11) is 0. The highest BCUT2D eigenvalue weighted by Gasteiger charge is 2.05.